The van der Waals surface area contributed by atoms with Crippen molar-refractivity contribution in [2.24, 2.45) is 0 Å². The molecule has 0 radical (unpaired) electrons. The van der Waals surface area contributed by atoms with Crippen molar-refractivity contribution in [3.63, 3.8) is 0 Å². The Kier molecular flexibility index (Phi) is 3.84. The SMILES string of the molecule is CO[C@@H]1C[C@H](OCc2ccccc2)[C@@H]2O[C@H]1[C@@H](C)O2. The quantitative estimate of drug-likeness (QED) is 0.834. The Balaban J connectivity index is 1.62. The Morgan fingerprint density at radius 3 is 2.68 bits per heavy atom. The minimum absolute atomic E-state index is 0.0339. The van der Waals surface area contributed by atoms with E-state index in [1.165, 1.54) is 0 Å². The second-order valence-corrected chi connectivity index (χ2v) is 5.16. The Hall–Kier alpha value is -0.940. The van der Waals surface area contributed by atoms with Crippen LogP contribution in [-0.2, 0) is 25.6 Å². The highest BCUT2D eigenvalue weighted by atomic mass is 16.8. The summed E-state index contributed by atoms with van der Waals surface area (Å²) in [6, 6.07) is 10.1. The van der Waals surface area contributed by atoms with E-state index in [2.05, 4.69) is 12.1 Å². The molecule has 0 saturated carbocycles. The molecule has 0 N–H and O–H groups in total. The minimum Gasteiger partial charge on any atom is -0.379 e. The summed E-state index contributed by atoms with van der Waals surface area (Å²) < 4.78 is 23.1. The number of rotatable bonds is 4. The van der Waals surface area contributed by atoms with Crippen molar-refractivity contribution in [3.8, 4) is 0 Å². The normalized spacial score (nSPS) is 37.5. The summed E-state index contributed by atoms with van der Waals surface area (Å²) in [6.45, 7) is 2.60. The van der Waals surface area contributed by atoms with E-state index in [4.69, 9.17) is 18.9 Å². The number of hydrogen-bond donors (Lipinski definition) is 0. The van der Waals surface area contributed by atoms with Crippen molar-refractivity contribution in [2.45, 2.75) is 50.7 Å². The maximum absolute atomic E-state index is 5.95. The van der Waals surface area contributed by atoms with Crippen LogP contribution in [0.5, 0.6) is 0 Å². The van der Waals surface area contributed by atoms with E-state index in [-0.39, 0.29) is 30.7 Å². The van der Waals surface area contributed by atoms with Crippen LogP contribution >= 0.6 is 0 Å². The third-order valence-electron chi connectivity index (χ3n) is 3.85. The van der Waals surface area contributed by atoms with Gasteiger partial charge in [0.05, 0.1) is 18.8 Å². The van der Waals surface area contributed by atoms with Gasteiger partial charge in [-0.3, -0.25) is 0 Å². The molecule has 1 aromatic carbocycles. The van der Waals surface area contributed by atoms with Gasteiger partial charge in [0.15, 0.2) is 6.29 Å². The van der Waals surface area contributed by atoms with Crippen molar-refractivity contribution in [2.75, 3.05) is 7.11 Å². The average molecular weight is 264 g/mol. The van der Waals surface area contributed by atoms with Crippen LogP contribution in [0.4, 0.5) is 0 Å². The van der Waals surface area contributed by atoms with E-state index in [1.54, 1.807) is 7.11 Å². The van der Waals surface area contributed by atoms with Crippen molar-refractivity contribution >= 4 is 0 Å². The van der Waals surface area contributed by atoms with Crippen molar-refractivity contribution in [1.29, 1.82) is 0 Å². The van der Waals surface area contributed by atoms with E-state index in [9.17, 15) is 0 Å². The topological polar surface area (TPSA) is 36.9 Å². The van der Waals surface area contributed by atoms with Gasteiger partial charge in [0.2, 0.25) is 0 Å². The maximum Gasteiger partial charge on any atom is 0.184 e. The first-order valence-corrected chi connectivity index (χ1v) is 6.77. The Morgan fingerprint density at radius 1 is 1.16 bits per heavy atom. The molecule has 0 amide bonds. The number of hydrogen-bond acceptors (Lipinski definition) is 4. The van der Waals surface area contributed by atoms with E-state index in [1.807, 2.05) is 25.1 Å². The third kappa shape index (κ3) is 2.67. The predicted octanol–water partition coefficient (Wildman–Crippen LogP) is 2.12. The van der Waals surface area contributed by atoms with E-state index < -0.39 is 0 Å². The zero-order valence-electron chi connectivity index (χ0n) is 11.3. The van der Waals surface area contributed by atoms with Crippen molar-refractivity contribution in [1.82, 2.24) is 0 Å². The fourth-order valence-electron chi connectivity index (χ4n) is 2.78. The molecule has 3 rings (SSSR count). The van der Waals surface area contributed by atoms with Gasteiger partial charge < -0.3 is 18.9 Å². The molecule has 4 nitrogen and oxygen atoms in total. The molecule has 2 heterocycles. The second kappa shape index (κ2) is 5.59. The highest BCUT2D eigenvalue weighted by Gasteiger charge is 2.48. The van der Waals surface area contributed by atoms with Crippen molar-refractivity contribution in [3.05, 3.63) is 35.9 Å². The van der Waals surface area contributed by atoms with Gasteiger partial charge >= 0.3 is 0 Å². The summed E-state index contributed by atoms with van der Waals surface area (Å²) in [5.41, 5.74) is 1.16. The molecular weight excluding hydrogens is 244 g/mol. The molecule has 104 valence electrons. The van der Waals surface area contributed by atoms with Crippen LogP contribution in [0.3, 0.4) is 0 Å². The number of methoxy groups -OCH3 is 1. The second-order valence-electron chi connectivity index (χ2n) is 5.16. The summed E-state index contributed by atoms with van der Waals surface area (Å²) in [6.07, 6.45) is 0.658. The van der Waals surface area contributed by atoms with Crippen LogP contribution in [0.15, 0.2) is 30.3 Å². The molecule has 0 unspecified atom stereocenters. The Bertz CT molecular complexity index is 408. The molecule has 1 aromatic rings. The lowest BCUT2D eigenvalue weighted by Crippen LogP contribution is -2.44. The van der Waals surface area contributed by atoms with Crippen LogP contribution in [0.25, 0.3) is 0 Å². The number of ether oxygens (including phenoxy) is 4. The molecular formula is C15H20O4. The lowest BCUT2D eigenvalue weighted by atomic mass is 10.0. The van der Waals surface area contributed by atoms with Gasteiger partial charge in [-0.1, -0.05) is 30.3 Å². The van der Waals surface area contributed by atoms with Gasteiger partial charge in [-0.05, 0) is 12.5 Å². The van der Waals surface area contributed by atoms with Crippen LogP contribution in [0.2, 0.25) is 0 Å². The number of fused-ring (bicyclic) bond motifs is 2. The molecule has 2 aliphatic heterocycles. The summed E-state index contributed by atoms with van der Waals surface area (Å²) in [7, 11) is 1.72. The van der Waals surface area contributed by atoms with Gasteiger partial charge in [-0.25, -0.2) is 0 Å². The third-order valence-corrected chi connectivity index (χ3v) is 3.85. The monoisotopic (exact) mass is 264 g/mol. The van der Waals surface area contributed by atoms with Gasteiger partial charge in [0.25, 0.3) is 0 Å². The van der Waals surface area contributed by atoms with Crippen LogP contribution in [0.1, 0.15) is 18.9 Å². The standard InChI is InChI=1S/C15H20O4/c1-10-14-12(16-2)8-13(15(18-10)19-14)17-9-11-6-4-3-5-7-11/h3-7,10,12-15H,8-9H2,1-2H3/t10-,12-,13+,14+,15+/m1/s1. The molecule has 2 fully saturated rings. The minimum atomic E-state index is -0.255. The molecule has 4 heteroatoms. The highest BCUT2D eigenvalue weighted by molar-refractivity contribution is 5.13. The predicted molar refractivity (Wildman–Crippen MR) is 69.6 cm³/mol. The first-order valence-electron chi connectivity index (χ1n) is 6.77. The van der Waals surface area contributed by atoms with Crippen LogP contribution < -0.4 is 0 Å². The first kappa shape index (κ1) is 13.1. The zero-order chi connectivity index (χ0) is 13.2. The lowest BCUT2D eigenvalue weighted by Gasteiger charge is -2.33. The van der Waals surface area contributed by atoms with Gasteiger partial charge in [0, 0.05) is 13.5 Å². The number of benzene rings is 1. The van der Waals surface area contributed by atoms with E-state index >= 15 is 0 Å². The molecule has 5 atom stereocenters. The maximum atomic E-state index is 5.95. The summed E-state index contributed by atoms with van der Waals surface area (Å²) >= 11 is 0. The molecule has 0 aliphatic carbocycles. The first-order chi connectivity index (χ1) is 9.28. The molecule has 19 heavy (non-hydrogen) atoms. The van der Waals surface area contributed by atoms with Crippen LogP contribution in [-0.4, -0.2) is 37.8 Å². The lowest BCUT2D eigenvalue weighted by molar-refractivity contribution is -0.205. The molecule has 2 saturated heterocycles. The summed E-state index contributed by atoms with van der Waals surface area (Å²) in [4.78, 5) is 0. The molecule has 0 spiro atoms. The molecule has 0 aromatic heterocycles. The summed E-state index contributed by atoms with van der Waals surface area (Å²) in [5.74, 6) is 0. The van der Waals surface area contributed by atoms with Gasteiger partial charge in [0.1, 0.15) is 12.2 Å². The van der Waals surface area contributed by atoms with Gasteiger partial charge in [-0.2, -0.15) is 0 Å². The van der Waals surface area contributed by atoms with Crippen LogP contribution in [0, 0.1) is 0 Å². The average Bonchev–Trinajstić information content (AvgIpc) is 2.77. The molecule has 2 aliphatic rings. The van der Waals surface area contributed by atoms with E-state index in [0.29, 0.717) is 6.61 Å². The fraction of sp³-hybridized carbons (Fsp3) is 0.600. The summed E-state index contributed by atoms with van der Waals surface area (Å²) in [5, 5.41) is 0. The highest BCUT2D eigenvalue weighted by Crippen LogP contribution is 2.35. The molecule has 2 bridgehead atoms. The fourth-order valence-corrected chi connectivity index (χ4v) is 2.78. The van der Waals surface area contributed by atoms with Gasteiger partial charge in [-0.15, -0.1) is 0 Å². The van der Waals surface area contributed by atoms with Crippen molar-refractivity contribution < 1.29 is 18.9 Å². The van der Waals surface area contributed by atoms with E-state index in [0.717, 1.165) is 12.0 Å². The largest absolute Gasteiger partial charge is 0.379 e. The zero-order valence-corrected chi connectivity index (χ0v) is 11.3. The smallest absolute Gasteiger partial charge is 0.184 e. The Labute approximate surface area is 113 Å². The Morgan fingerprint density at radius 2 is 1.95 bits per heavy atom.